The lowest BCUT2D eigenvalue weighted by Gasteiger charge is -2.16. The predicted molar refractivity (Wildman–Crippen MR) is 99.6 cm³/mol. The van der Waals surface area contributed by atoms with Crippen molar-refractivity contribution in [1.29, 1.82) is 0 Å². The Balaban J connectivity index is 1.55. The fourth-order valence-corrected chi connectivity index (χ4v) is 5.92. The van der Waals surface area contributed by atoms with Crippen molar-refractivity contribution >= 4 is 34.5 Å². The smallest absolute Gasteiger partial charge is 0.155 e. The number of rotatable bonds is 3. The molecule has 2 bridgehead atoms. The number of Topliss-reactive ketones (excluding diaryl/α,β-unsaturated/α-hetero) is 2. The SMILES string of the molecule is CCc1sc(-c2ccc(Cl)cc2)nc1C1C(=O)[C@@H]2[C@H](C1=O)[C@H]1CC[C@@H]2O1. The van der Waals surface area contributed by atoms with Gasteiger partial charge in [0.25, 0.3) is 0 Å². The Kier molecular flexibility index (Phi) is 3.82. The van der Waals surface area contributed by atoms with Crippen molar-refractivity contribution in [2.24, 2.45) is 11.8 Å². The monoisotopic (exact) mass is 387 g/mol. The minimum absolute atomic E-state index is 0.0230. The van der Waals surface area contributed by atoms with E-state index >= 15 is 0 Å². The molecule has 3 heterocycles. The van der Waals surface area contributed by atoms with E-state index in [4.69, 9.17) is 21.3 Å². The van der Waals surface area contributed by atoms with Gasteiger partial charge in [-0.3, -0.25) is 9.59 Å². The zero-order chi connectivity index (χ0) is 18.0. The average Bonchev–Trinajstić information content (AvgIpc) is 3.39. The lowest BCUT2D eigenvalue weighted by Crippen LogP contribution is -2.29. The highest BCUT2D eigenvalue weighted by atomic mass is 35.5. The van der Waals surface area contributed by atoms with Crippen molar-refractivity contribution < 1.29 is 14.3 Å². The molecule has 26 heavy (non-hydrogen) atoms. The summed E-state index contributed by atoms with van der Waals surface area (Å²) in [5.74, 6) is -1.16. The molecule has 2 aliphatic heterocycles. The molecule has 0 spiro atoms. The van der Waals surface area contributed by atoms with Gasteiger partial charge in [-0.05, 0) is 31.4 Å². The first-order valence-electron chi connectivity index (χ1n) is 9.07. The number of hydrogen-bond acceptors (Lipinski definition) is 5. The summed E-state index contributed by atoms with van der Waals surface area (Å²) in [6.07, 6.45) is 2.42. The van der Waals surface area contributed by atoms with Crippen molar-refractivity contribution in [3.05, 3.63) is 39.9 Å². The molecule has 3 fully saturated rings. The largest absolute Gasteiger partial charge is 0.373 e. The zero-order valence-corrected chi connectivity index (χ0v) is 15.8. The molecule has 1 aromatic carbocycles. The number of nitrogens with zero attached hydrogens (tertiary/aromatic N) is 1. The van der Waals surface area contributed by atoms with Crippen LogP contribution in [0.25, 0.3) is 10.6 Å². The van der Waals surface area contributed by atoms with Crippen LogP contribution < -0.4 is 0 Å². The molecule has 0 amide bonds. The van der Waals surface area contributed by atoms with Gasteiger partial charge in [-0.15, -0.1) is 11.3 Å². The van der Waals surface area contributed by atoms with E-state index in [9.17, 15) is 9.59 Å². The third-order valence-corrected chi connectivity index (χ3v) is 7.43. The molecule has 2 saturated heterocycles. The van der Waals surface area contributed by atoms with Crippen LogP contribution in [0, 0.1) is 11.8 Å². The maximum atomic E-state index is 13.1. The highest BCUT2D eigenvalue weighted by Gasteiger charge is 2.63. The normalized spacial score (nSPS) is 32.5. The Morgan fingerprint density at radius 2 is 1.73 bits per heavy atom. The number of thiazole rings is 1. The summed E-state index contributed by atoms with van der Waals surface area (Å²) in [7, 11) is 0. The van der Waals surface area contributed by atoms with Crippen LogP contribution in [0.15, 0.2) is 24.3 Å². The van der Waals surface area contributed by atoms with E-state index < -0.39 is 5.92 Å². The number of ketones is 2. The fraction of sp³-hybridized carbons (Fsp3) is 0.450. The second-order valence-corrected chi connectivity index (χ2v) is 8.79. The second-order valence-electron chi connectivity index (χ2n) is 7.27. The first-order valence-corrected chi connectivity index (χ1v) is 10.3. The molecule has 1 aliphatic carbocycles. The third kappa shape index (κ3) is 2.27. The standard InChI is InChI=1S/C20H18ClNO3S/c1-2-13-17(22-20(26-13)9-3-5-10(21)6-4-9)16-18(23)14-11-7-8-12(25-11)15(14)19(16)24/h3-6,11-12,14-16H,2,7-8H2,1H3/t11-,12+,14-,15+,16?. The Hall–Kier alpha value is -1.56. The molecular weight excluding hydrogens is 370 g/mol. The van der Waals surface area contributed by atoms with Crippen molar-refractivity contribution in [2.45, 2.75) is 44.3 Å². The lowest BCUT2D eigenvalue weighted by molar-refractivity contribution is -0.127. The molecule has 5 rings (SSSR count). The highest BCUT2D eigenvalue weighted by Crippen LogP contribution is 2.53. The van der Waals surface area contributed by atoms with Crippen LogP contribution in [-0.2, 0) is 20.7 Å². The van der Waals surface area contributed by atoms with Crippen molar-refractivity contribution in [1.82, 2.24) is 4.98 Å². The summed E-state index contributed by atoms with van der Waals surface area (Å²) >= 11 is 7.54. The van der Waals surface area contributed by atoms with Gasteiger partial charge in [0, 0.05) is 15.5 Å². The zero-order valence-electron chi connectivity index (χ0n) is 14.3. The number of halogens is 1. The molecule has 0 N–H and O–H groups in total. The third-order valence-electron chi connectivity index (χ3n) is 5.91. The van der Waals surface area contributed by atoms with Crippen LogP contribution in [0.5, 0.6) is 0 Å². The predicted octanol–water partition coefficient (Wildman–Crippen LogP) is 4.05. The molecule has 1 saturated carbocycles. The van der Waals surface area contributed by atoms with E-state index in [0.29, 0.717) is 10.7 Å². The molecule has 0 radical (unpaired) electrons. The summed E-state index contributed by atoms with van der Waals surface area (Å²) in [6.45, 7) is 2.04. The number of carbonyl (C=O) groups is 2. The summed E-state index contributed by atoms with van der Waals surface area (Å²) in [5, 5.41) is 1.51. The van der Waals surface area contributed by atoms with Crippen LogP contribution in [0.3, 0.4) is 0 Å². The number of ether oxygens (including phenoxy) is 1. The highest BCUT2D eigenvalue weighted by molar-refractivity contribution is 7.15. The van der Waals surface area contributed by atoms with E-state index in [1.165, 1.54) is 0 Å². The molecule has 1 unspecified atom stereocenters. The maximum Gasteiger partial charge on any atom is 0.155 e. The van der Waals surface area contributed by atoms with Gasteiger partial charge in [-0.25, -0.2) is 4.98 Å². The summed E-state index contributed by atoms with van der Waals surface area (Å²) < 4.78 is 5.83. The molecule has 5 atom stereocenters. The van der Waals surface area contributed by atoms with Gasteiger partial charge in [0.05, 0.1) is 29.7 Å². The maximum absolute atomic E-state index is 13.1. The van der Waals surface area contributed by atoms with E-state index in [2.05, 4.69) is 0 Å². The summed E-state index contributed by atoms with van der Waals surface area (Å²) in [5.41, 5.74) is 1.63. The van der Waals surface area contributed by atoms with Crippen molar-refractivity contribution in [3.63, 3.8) is 0 Å². The number of fused-ring (bicyclic) bond motifs is 5. The molecule has 4 nitrogen and oxygen atoms in total. The number of hydrogen-bond donors (Lipinski definition) is 0. The van der Waals surface area contributed by atoms with Crippen LogP contribution in [-0.4, -0.2) is 28.8 Å². The molecule has 2 aromatic rings. The lowest BCUT2D eigenvalue weighted by atomic mass is 9.81. The summed E-state index contributed by atoms with van der Waals surface area (Å²) in [4.78, 5) is 32.0. The number of aryl methyl sites for hydroxylation is 1. The van der Waals surface area contributed by atoms with Crippen molar-refractivity contribution in [3.8, 4) is 10.6 Å². The quantitative estimate of drug-likeness (QED) is 0.745. The van der Waals surface area contributed by atoms with Gasteiger partial charge in [0.1, 0.15) is 10.9 Å². The van der Waals surface area contributed by atoms with Gasteiger partial charge in [-0.1, -0.05) is 30.7 Å². The van der Waals surface area contributed by atoms with Gasteiger partial charge in [0.15, 0.2) is 11.6 Å². The van der Waals surface area contributed by atoms with E-state index in [1.807, 2.05) is 31.2 Å². The first kappa shape index (κ1) is 16.6. The van der Waals surface area contributed by atoms with Crippen LogP contribution >= 0.6 is 22.9 Å². The molecule has 3 aliphatic rings. The second kappa shape index (κ2) is 5.98. The molecule has 1 aromatic heterocycles. The topological polar surface area (TPSA) is 56.3 Å². The first-order chi connectivity index (χ1) is 12.6. The minimum Gasteiger partial charge on any atom is -0.373 e. The Morgan fingerprint density at radius 1 is 1.12 bits per heavy atom. The van der Waals surface area contributed by atoms with E-state index in [0.717, 1.165) is 34.7 Å². The van der Waals surface area contributed by atoms with Crippen molar-refractivity contribution in [2.75, 3.05) is 0 Å². The van der Waals surface area contributed by atoms with Gasteiger partial charge < -0.3 is 4.74 Å². The number of carbonyl (C=O) groups excluding carboxylic acids is 2. The Bertz CT molecular complexity index is 878. The van der Waals surface area contributed by atoms with Crippen LogP contribution in [0.4, 0.5) is 0 Å². The minimum atomic E-state index is -0.704. The molecule has 134 valence electrons. The number of aromatic nitrogens is 1. The number of benzene rings is 1. The molecular formula is C20H18ClNO3S. The molecule has 6 heteroatoms. The van der Waals surface area contributed by atoms with E-state index in [1.54, 1.807) is 11.3 Å². The van der Waals surface area contributed by atoms with Crippen LogP contribution in [0.2, 0.25) is 5.02 Å². The van der Waals surface area contributed by atoms with Gasteiger partial charge in [0.2, 0.25) is 0 Å². The van der Waals surface area contributed by atoms with E-state index in [-0.39, 0.29) is 35.6 Å². The average molecular weight is 388 g/mol. The van der Waals surface area contributed by atoms with Gasteiger partial charge in [-0.2, -0.15) is 0 Å². The Morgan fingerprint density at radius 3 is 2.31 bits per heavy atom. The fourth-order valence-electron chi connectivity index (χ4n) is 4.75. The van der Waals surface area contributed by atoms with Crippen LogP contribution in [0.1, 0.15) is 36.3 Å². The summed E-state index contributed by atoms with van der Waals surface area (Å²) in [6, 6.07) is 7.50. The Labute approximate surface area is 160 Å². The van der Waals surface area contributed by atoms with Gasteiger partial charge >= 0.3 is 0 Å².